The second-order valence-electron chi connectivity index (χ2n) is 5.28. The lowest BCUT2D eigenvalue weighted by molar-refractivity contribution is 0.0951. The van der Waals surface area contributed by atoms with Crippen LogP contribution >= 0.6 is 0 Å². The molecule has 0 atom stereocenters. The first-order chi connectivity index (χ1) is 11.2. The van der Waals surface area contributed by atoms with Gasteiger partial charge in [0.05, 0.1) is 5.69 Å². The molecule has 3 aromatic carbocycles. The van der Waals surface area contributed by atoms with Crippen molar-refractivity contribution in [3.05, 3.63) is 90.5 Å². The fourth-order valence-corrected chi connectivity index (χ4v) is 2.38. The number of nitrogens with zero attached hydrogens (tertiary/aromatic N) is 1. The number of hydrogen-bond acceptors (Lipinski definition) is 2. The van der Waals surface area contributed by atoms with E-state index in [9.17, 15) is 4.79 Å². The summed E-state index contributed by atoms with van der Waals surface area (Å²) in [5.41, 5.74) is 6.67. The average Bonchev–Trinajstić information content (AvgIpc) is 2.63. The highest BCUT2D eigenvalue weighted by molar-refractivity contribution is 5.95. The van der Waals surface area contributed by atoms with Crippen LogP contribution in [0.25, 0.3) is 11.1 Å². The van der Waals surface area contributed by atoms with E-state index in [0.29, 0.717) is 5.56 Å². The van der Waals surface area contributed by atoms with Crippen molar-refractivity contribution in [2.45, 2.75) is 0 Å². The number of hydrogen-bond donors (Lipinski definition) is 1. The lowest BCUT2D eigenvalue weighted by Gasteiger charge is -2.20. The summed E-state index contributed by atoms with van der Waals surface area (Å²) in [6, 6.07) is 27.4. The Morgan fingerprint density at radius 1 is 0.739 bits per heavy atom. The number of carbonyl (C=O) groups excluding carboxylic acids is 1. The molecule has 0 bridgehead atoms. The molecule has 0 spiro atoms. The molecule has 3 rings (SSSR count). The molecule has 0 unspecified atom stereocenters. The molecule has 0 heterocycles. The molecule has 0 aliphatic carbocycles. The van der Waals surface area contributed by atoms with Gasteiger partial charge in [-0.1, -0.05) is 60.7 Å². The van der Waals surface area contributed by atoms with Gasteiger partial charge in [0, 0.05) is 12.6 Å². The lowest BCUT2D eigenvalue weighted by Crippen LogP contribution is -2.39. The van der Waals surface area contributed by atoms with E-state index in [2.05, 4.69) is 17.6 Å². The van der Waals surface area contributed by atoms with Gasteiger partial charge in [-0.05, 0) is 35.4 Å². The Kier molecular flexibility index (Phi) is 4.39. The molecule has 3 aromatic rings. The Labute approximate surface area is 136 Å². The van der Waals surface area contributed by atoms with Gasteiger partial charge in [0.25, 0.3) is 5.91 Å². The highest BCUT2D eigenvalue weighted by atomic mass is 16.2. The summed E-state index contributed by atoms with van der Waals surface area (Å²) < 4.78 is 0. The van der Waals surface area contributed by atoms with Crippen molar-refractivity contribution in [1.82, 2.24) is 5.43 Å². The number of nitrogens with one attached hydrogen (secondary N) is 1. The second kappa shape index (κ2) is 6.79. The zero-order chi connectivity index (χ0) is 16.1. The van der Waals surface area contributed by atoms with E-state index in [0.717, 1.165) is 16.8 Å². The third kappa shape index (κ3) is 3.58. The minimum Gasteiger partial charge on any atom is -0.288 e. The number of benzene rings is 3. The molecule has 0 saturated carbocycles. The maximum atomic E-state index is 12.3. The van der Waals surface area contributed by atoms with Crippen LogP contribution in [-0.2, 0) is 0 Å². The van der Waals surface area contributed by atoms with E-state index in [4.69, 9.17) is 0 Å². The lowest BCUT2D eigenvalue weighted by atomic mass is 10.0. The maximum absolute atomic E-state index is 12.3. The van der Waals surface area contributed by atoms with Crippen molar-refractivity contribution in [1.29, 1.82) is 0 Å². The molecule has 0 fully saturated rings. The summed E-state index contributed by atoms with van der Waals surface area (Å²) in [6.45, 7) is 0. The fourth-order valence-electron chi connectivity index (χ4n) is 2.38. The van der Waals surface area contributed by atoms with Crippen molar-refractivity contribution >= 4 is 11.6 Å². The van der Waals surface area contributed by atoms with E-state index >= 15 is 0 Å². The summed E-state index contributed by atoms with van der Waals surface area (Å²) in [5.74, 6) is -0.129. The summed E-state index contributed by atoms with van der Waals surface area (Å²) in [6.07, 6.45) is 0. The van der Waals surface area contributed by atoms with E-state index in [1.165, 1.54) is 0 Å². The quantitative estimate of drug-likeness (QED) is 0.735. The third-order valence-electron chi connectivity index (χ3n) is 3.67. The zero-order valence-corrected chi connectivity index (χ0v) is 12.9. The molecule has 114 valence electrons. The smallest absolute Gasteiger partial charge is 0.269 e. The summed E-state index contributed by atoms with van der Waals surface area (Å²) in [7, 11) is 1.82. The van der Waals surface area contributed by atoms with Gasteiger partial charge in [-0.3, -0.25) is 15.2 Å². The number of anilines is 1. The van der Waals surface area contributed by atoms with Gasteiger partial charge in [-0.15, -0.1) is 0 Å². The SMILES string of the molecule is CN(NC(=O)c1ccc(-c2ccccc2)cc1)c1ccccc1. The zero-order valence-electron chi connectivity index (χ0n) is 12.9. The van der Waals surface area contributed by atoms with Crippen LogP contribution in [0.3, 0.4) is 0 Å². The van der Waals surface area contributed by atoms with Crippen molar-refractivity contribution in [3.63, 3.8) is 0 Å². The second-order valence-corrected chi connectivity index (χ2v) is 5.28. The number of hydrazine groups is 1. The van der Waals surface area contributed by atoms with E-state index in [-0.39, 0.29) is 5.91 Å². The maximum Gasteiger partial charge on any atom is 0.269 e. The van der Waals surface area contributed by atoms with Crippen molar-refractivity contribution in [2.75, 3.05) is 12.1 Å². The first kappa shape index (κ1) is 14.9. The number of rotatable bonds is 4. The fraction of sp³-hybridized carbons (Fsp3) is 0.0500. The topological polar surface area (TPSA) is 32.3 Å². The van der Waals surface area contributed by atoms with Crippen LogP contribution in [0, 0.1) is 0 Å². The number of para-hydroxylation sites is 1. The molecular weight excluding hydrogens is 284 g/mol. The Morgan fingerprint density at radius 2 is 1.26 bits per heavy atom. The van der Waals surface area contributed by atoms with Crippen LogP contribution in [-0.4, -0.2) is 13.0 Å². The molecular formula is C20H18N2O. The minimum absolute atomic E-state index is 0.129. The van der Waals surface area contributed by atoms with Crippen LogP contribution < -0.4 is 10.4 Å². The van der Waals surface area contributed by atoms with Crippen LogP contribution in [0.5, 0.6) is 0 Å². The third-order valence-corrected chi connectivity index (χ3v) is 3.67. The van der Waals surface area contributed by atoms with E-state index in [1.54, 1.807) is 5.01 Å². The molecule has 0 aromatic heterocycles. The molecule has 0 radical (unpaired) electrons. The summed E-state index contributed by atoms with van der Waals surface area (Å²) >= 11 is 0. The highest BCUT2D eigenvalue weighted by Gasteiger charge is 2.08. The molecule has 1 N–H and O–H groups in total. The Morgan fingerprint density at radius 3 is 1.87 bits per heavy atom. The van der Waals surface area contributed by atoms with Crippen LogP contribution in [0.4, 0.5) is 5.69 Å². The largest absolute Gasteiger partial charge is 0.288 e. The number of amides is 1. The summed E-state index contributed by atoms with van der Waals surface area (Å²) in [5, 5.41) is 1.72. The van der Waals surface area contributed by atoms with Crippen molar-refractivity contribution < 1.29 is 4.79 Å². The molecule has 3 heteroatoms. The van der Waals surface area contributed by atoms with Crippen molar-refractivity contribution in [2.24, 2.45) is 0 Å². The Hall–Kier alpha value is -3.07. The summed E-state index contributed by atoms with van der Waals surface area (Å²) in [4.78, 5) is 12.3. The molecule has 23 heavy (non-hydrogen) atoms. The highest BCUT2D eigenvalue weighted by Crippen LogP contribution is 2.19. The molecule has 3 nitrogen and oxygen atoms in total. The standard InChI is InChI=1S/C20H18N2O/c1-22(19-10-6-3-7-11-19)21-20(23)18-14-12-17(13-15-18)16-8-4-2-5-9-16/h2-15H,1H3,(H,21,23). The normalized spacial score (nSPS) is 10.1. The van der Waals surface area contributed by atoms with E-state index < -0.39 is 0 Å². The molecule has 0 aliphatic rings. The molecule has 0 saturated heterocycles. The molecule has 0 aliphatic heterocycles. The van der Waals surface area contributed by atoms with Crippen LogP contribution in [0.2, 0.25) is 0 Å². The average molecular weight is 302 g/mol. The predicted octanol–water partition coefficient (Wildman–Crippen LogP) is 4.13. The first-order valence-corrected chi connectivity index (χ1v) is 7.49. The molecule has 1 amide bonds. The monoisotopic (exact) mass is 302 g/mol. The van der Waals surface area contributed by atoms with Crippen LogP contribution in [0.1, 0.15) is 10.4 Å². The van der Waals surface area contributed by atoms with Gasteiger partial charge >= 0.3 is 0 Å². The van der Waals surface area contributed by atoms with Gasteiger partial charge in [0.2, 0.25) is 0 Å². The van der Waals surface area contributed by atoms with Gasteiger partial charge in [-0.2, -0.15) is 0 Å². The van der Waals surface area contributed by atoms with Gasteiger partial charge in [0.15, 0.2) is 0 Å². The Balaban J connectivity index is 1.71. The number of carbonyl (C=O) groups is 1. The van der Waals surface area contributed by atoms with Gasteiger partial charge in [-0.25, -0.2) is 0 Å². The van der Waals surface area contributed by atoms with Crippen molar-refractivity contribution in [3.8, 4) is 11.1 Å². The predicted molar refractivity (Wildman–Crippen MR) is 94.2 cm³/mol. The van der Waals surface area contributed by atoms with Crippen LogP contribution in [0.15, 0.2) is 84.9 Å². The van der Waals surface area contributed by atoms with E-state index in [1.807, 2.05) is 79.8 Å². The Bertz CT molecular complexity index is 768. The minimum atomic E-state index is -0.129. The van der Waals surface area contributed by atoms with Gasteiger partial charge in [0.1, 0.15) is 0 Å². The van der Waals surface area contributed by atoms with Gasteiger partial charge < -0.3 is 0 Å². The first-order valence-electron chi connectivity index (χ1n) is 7.49.